The Hall–Kier alpha value is -3.11. The van der Waals surface area contributed by atoms with Crippen molar-refractivity contribution >= 4 is 28.6 Å². The van der Waals surface area contributed by atoms with Crippen molar-refractivity contribution in [3.63, 3.8) is 0 Å². The van der Waals surface area contributed by atoms with Gasteiger partial charge >= 0.3 is 6.18 Å². The number of nitrogens with zero attached hydrogens (tertiary/aromatic N) is 1. The first kappa shape index (κ1) is 22.6. The van der Waals surface area contributed by atoms with Crippen LogP contribution >= 0.6 is 11.3 Å². The zero-order valence-corrected chi connectivity index (χ0v) is 17.3. The van der Waals surface area contributed by atoms with Crippen molar-refractivity contribution in [3.8, 4) is 17.0 Å². The minimum atomic E-state index is -4.64. The van der Waals surface area contributed by atoms with Gasteiger partial charge in [0.25, 0.3) is 0 Å². The topological polar surface area (TPSA) is 83.5 Å². The van der Waals surface area contributed by atoms with Crippen molar-refractivity contribution < 1.29 is 27.8 Å². The first-order valence-electron chi connectivity index (χ1n) is 9.27. The van der Waals surface area contributed by atoms with Crippen molar-refractivity contribution in [2.24, 2.45) is 0 Å². The fraction of sp³-hybridized carbons (Fsp3) is 0.238. The van der Waals surface area contributed by atoms with Crippen molar-refractivity contribution in [2.75, 3.05) is 30.4 Å². The summed E-state index contributed by atoms with van der Waals surface area (Å²) < 4.78 is 45.2. The number of nitrogens with one attached hydrogen (secondary N) is 2. The summed E-state index contributed by atoms with van der Waals surface area (Å²) in [4.78, 5) is 16.7. The van der Waals surface area contributed by atoms with Crippen LogP contribution < -0.4 is 15.4 Å². The van der Waals surface area contributed by atoms with E-state index in [0.717, 1.165) is 22.3 Å². The summed E-state index contributed by atoms with van der Waals surface area (Å²) in [6.45, 7) is 1.10. The van der Waals surface area contributed by atoms with Gasteiger partial charge in [0.15, 0.2) is 0 Å². The molecular weight excluding hydrogens is 431 g/mol. The van der Waals surface area contributed by atoms with Crippen LogP contribution in [0.25, 0.3) is 11.3 Å². The Balaban J connectivity index is 1.67. The highest BCUT2D eigenvalue weighted by Gasteiger charge is 2.34. The van der Waals surface area contributed by atoms with E-state index in [-0.39, 0.29) is 31.2 Å². The fourth-order valence-corrected chi connectivity index (χ4v) is 3.42. The Kier molecular flexibility index (Phi) is 7.13. The predicted molar refractivity (Wildman–Crippen MR) is 113 cm³/mol. The van der Waals surface area contributed by atoms with Crippen LogP contribution in [-0.4, -0.2) is 35.8 Å². The van der Waals surface area contributed by atoms with Crippen LogP contribution in [0, 0.1) is 6.92 Å². The van der Waals surface area contributed by atoms with E-state index in [9.17, 15) is 18.0 Å². The minimum absolute atomic E-state index is 0.0227. The molecule has 0 saturated heterocycles. The molecule has 31 heavy (non-hydrogen) atoms. The van der Waals surface area contributed by atoms with Crippen molar-refractivity contribution in [3.05, 3.63) is 58.4 Å². The fourth-order valence-electron chi connectivity index (χ4n) is 2.80. The number of aliphatic hydroxyl groups is 1. The van der Waals surface area contributed by atoms with Gasteiger partial charge in [0, 0.05) is 22.3 Å². The lowest BCUT2D eigenvalue weighted by Gasteiger charge is -2.16. The molecule has 0 radical (unpaired) electrons. The van der Waals surface area contributed by atoms with E-state index in [1.807, 2.05) is 18.4 Å². The Bertz CT molecular complexity index is 1050. The van der Waals surface area contributed by atoms with E-state index in [1.54, 1.807) is 18.2 Å². The third-order valence-corrected chi connectivity index (χ3v) is 4.93. The number of ether oxygens (including phenoxy) is 1. The quantitative estimate of drug-likeness (QED) is 0.468. The van der Waals surface area contributed by atoms with Crippen LogP contribution in [0.15, 0.2) is 47.8 Å². The highest BCUT2D eigenvalue weighted by atomic mass is 32.1. The maximum atomic E-state index is 13.4. The van der Waals surface area contributed by atoms with Gasteiger partial charge in [-0.05, 0) is 37.3 Å². The van der Waals surface area contributed by atoms with Crippen molar-refractivity contribution in [2.45, 2.75) is 13.1 Å². The zero-order chi connectivity index (χ0) is 22.4. The molecule has 2 aromatic carbocycles. The Morgan fingerprint density at radius 2 is 2.03 bits per heavy atom. The summed E-state index contributed by atoms with van der Waals surface area (Å²) >= 11 is 1.51. The summed E-state index contributed by atoms with van der Waals surface area (Å²) in [6.07, 6.45) is -4.64. The molecule has 0 fully saturated rings. The van der Waals surface area contributed by atoms with Crippen LogP contribution in [0.2, 0.25) is 0 Å². The number of anilines is 2. The zero-order valence-electron chi connectivity index (χ0n) is 16.5. The van der Waals surface area contributed by atoms with E-state index in [4.69, 9.17) is 9.84 Å². The average molecular weight is 451 g/mol. The number of aromatic nitrogens is 1. The standard InChI is InChI=1S/C21H20F3N3O3S/c1-13-26-19(12-31-13)14-3-2-4-15(9-14)27-20(29)11-25-18-6-5-16(30-8-7-28)10-17(18)21(22,23)24/h2-6,9-10,12,25,28H,7-8,11H2,1H3,(H,27,29). The Morgan fingerprint density at radius 3 is 2.71 bits per heavy atom. The summed E-state index contributed by atoms with van der Waals surface area (Å²) in [6, 6.07) is 10.4. The number of thiazole rings is 1. The molecule has 0 aliphatic carbocycles. The second kappa shape index (κ2) is 9.80. The molecule has 6 nitrogen and oxygen atoms in total. The third-order valence-electron chi connectivity index (χ3n) is 4.16. The van der Waals surface area contributed by atoms with Gasteiger partial charge in [-0.1, -0.05) is 12.1 Å². The molecule has 0 atom stereocenters. The van der Waals surface area contributed by atoms with Gasteiger partial charge in [-0.15, -0.1) is 11.3 Å². The molecule has 3 aromatic rings. The summed E-state index contributed by atoms with van der Waals surface area (Å²) in [5.41, 5.74) is 0.920. The number of carbonyl (C=O) groups is 1. The Morgan fingerprint density at radius 1 is 1.23 bits per heavy atom. The molecule has 3 rings (SSSR count). The molecule has 10 heteroatoms. The first-order chi connectivity index (χ1) is 14.8. The third kappa shape index (κ3) is 6.19. The van der Waals surface area contributed by atoms with Crippen LogP contribution in [0.4, 0.5) is 24.5 Å². The highest BCUT2D eigenvalue weighted by Crippen LogP contribution is 2.37. The van der Waals surface area contributed by atoms with E-state index >= 15 is 0 Å². The highest BCUT2D eigenvalue weighted by molar-refractivity contribution is 7.09. The van der Waals surface area contributed by atoms with E-state index in [2.05, 4.69) is 15.6 Å². The van der Waals surface area contributed by atoms with Gasteiger partial charge in [-0.2, -0.15) is 13.2 Å². The minimum Gasteiger partial charge on any atom is -0.491 e. The van der Waals surface area contributed by atoms with E-state index in [0.29, 0.717) is 5.69 Å². The molecule has 1 heterocycles. The van der Waals surface area contributed by atoms with Gasteiger partial charge in [0.05, 0.1) is 29.4 Å². The van der Waals surface area contributed by atoms with Gasteiger partial charge in [-0.3, -0.25) is 4.79 Å². The smallest absolute Gasteiger partial charge is 0.418 e. The number of aliphatic hydroxyl groups excluding tert-OH is 1. The molecule has 0 saturated carbocycles. The van der Waals surface area contributed by atoms with Crippen LogP contribution in [0.3, 0.4) is 0 Å². The number of hydrogen-bond acceptors (Lipinski definition) is 6. The lowest BCUT2D eigenvalue weighted by atomic mass is 10.1. The second-order valence-corrected chi connectivity index (χ2v) is 7.57. The van der Waals surface area contributed by atoms with Crippen LogP contribution in [-0.2, 0) is 11.0 Å². The maximum Gasteiger partial charge on any atom is 0.418 e. The molecule has 1 amide bonds. The lowest BCUT2D eigenvalue weighted by molar-refractivity contribution is -0.137. The van der Waals surface area contributed by atoms with E-state index in [1.165, 1.54) is 23.5 Å². The number of benzene rings is 2. The van der Waals surface area contributed by atoms with Gasteiger partial charge in [-0.25, -0.2) is 4.98 Å². The molecular formula is C21H20F3N3O3S. The monoisotopic (exact) mass is 451 g/mol. The number of hydrogen-bond donors (Lipinski definition) is 3. The van der Waals surface area contributed by atoms with Crippen molar-refractivity contribution in [1.82, 2.24) is 4.98 Å². The van der Waals surface area contributed by atoms with Gasteiger partial charge in [0.2, 0.25) is 5.91 Å². The predicted octanol–water partition coefficient (Wildman–Crippen LogP) is 4.56. The average Bonchev–Trinajstić information content (AvgIpc) is 3.17. The summed E-state index contributed by atoms with van der Waals surface area (Å²) in [5.74, 6) is -0.522. The van der Waals surface area contributed by atoms with Crippen LogP contribution in [0.5, 0.6) is 5.75 Å². The number of rotatable bonds is 8. The molecule has 1 aromatic heterocycles. The molecule has 0 aliphatic rings. The largest absolute Gasteiger partial charge is 0.491 e. The maximum absolute atomic E-state index is 13.4. The SMILES string of the molecule is Cc1nc(-c2cccc(NC(=O)CNc3ccc(OCCO)cc3C(F)(F)F)c2)cs1. The molecule has 3 N–H and O–H groups in total. The number of alkyl halides is 3. The number of halogens is 3. The number of carbonyl (C=O) groups excluding carboxylic acids is 1. The van der Waals surface area contributed by atoms with Crippen molar-refractivity contribution in [1.29, 1.82) is 0 Å². The normalized spacial score (nSPS) is 11.3. The van der Waals surface area contributed by atoms with E-state index < -0.39 is 17.6 Å². The first-order valence-corrected chi connectivity index (χ1v) is 10.2. The lowest BCUT2D eigenvalue weighted by Crippen LogP contribution is -2.23. The van der Waals surface area contributed by atoms with Gasteiger partial charge in [0.1, 0.15) is 12.4 Å². The number of aryl methyl sites for hydroxylation is 1. The molecule has 0 aliphatic heterocycles. The molecule has 164 valence electrons. The summed E-state index contributed by atoms with van der Waals surface area (Å²) in [5, 5.41) is 16.8. The summed E-state index contributed by atoms with van der Waals surface area (Å²) in [7, 11) is 0. The number of amides is 1. The van der Waals surface area contributed by atoms with Crippen LogP contribution in [0.1, 0.15) is 10.6 Å². The second-order valence-electron chi connectivity index (χ2n) is 6.51. The Labute approximate surface area is 180 Å². The molecule has 0 spiro atoms. The molecule has 0 bridgehead atoms. The van der Waals surface area contributed by atoms with Gasteiger partial charge < -0.3 is 20.5 Å². The molecule has 0 unspecified atom stereocenters.